The Morgan fingerprint density at radius 1 is 0.314 bits per heavy atom. The lowest BCUT2D eigenvalue weighted by atomic mass is 9.67. The van der Waals surface area contributed by atoms with E-state index in [0.29, 0.717) is 0 Å². The highest BCUT2D eigenvalue weighted by atomic mass is 32.1. The summed E-state index contributed by atoms with van der Waals surface area (Å²) < 4.78 is 2.56. The Balaban J connectivity index is 1.11. The van der Waals surface area contributed by atoms with Gasteiger partial charge in [-0.05, 0) is 114 Å². The molecule has 70 heavy (non-hydrogen) atoms. The molecule has 326 valence electrons. The van der Waals surface area contributed by atoms with E-state index in [1.807, 2.05) is 11.3 Å². The molecule has 0 radical (unpaired) electrons. The third-order valence-corrected chi connectivity index (χ3v) is 16.9. The molecular formula is C68H43NS. The Kier molecular flexibility index (Phi) is 8.43. The fourth-order valence-electron chi connectivity index (χ4n) is 13.1. The number of rotatable bonds is 6. The van der Waals surface area contributed by atoms with E-state index in [1.165, 1.54) is 115 Å². The summed E-state index contributed by atoms with van der Waals surface area (Å²) in [6.45, 7) is 0. The van der Waals surface area contributed by atoms with Gasteiger partial charge in [0.05, 0.1) is 26.9 Å². The van der Waals surface area contributed by atoms with Crippen LogP contribution in [0.25, 0.3) is 64.7 Å². The van der Waals surface area contributed by atoms with Crippen LogP contribution in [0.15, 0.2) is 261 Å². The van der Waals surface area contributed by atoms with Gasteiger partial charge in [0.1, 0.15) is 0 Å². The fraction of sp³-hybridized carbons (Fsp3) is 0.0294. The molecule has 0 N–H and O–H groups in total. The van der Waals surface area contributed by atoms with E-state index in [2.05, 4.69) is 266 Å². The minimum absolute atomic E-state index is 0.537. The Labute approximate surface area is 411 Å². The summed E-state index contributed by atoms with van der Waals surface area (Å²) >= 11 is 1.92. The summed E-state index contributed by atoms with van der Waals surface area (Å²) in [5.74, 6) is 0. The molecule has 1 nitrogen and oxygen atoms in total. The third-order valence-electron chi connectivity index (χ3n) is 15.8. The molecule has 0 aliphatic heterocycles. The lowest BCUT2D eigenvalue weighted by molar-refractivity contribution is 0.768. The number of hydrogen-bond donors (Lipinski definition) is 0. The number of fused-ring (bicyclic) bond motifs is 17. The SMILES string of the molecule is c1ccc(-c2ccccc2N(c2ccc3c(c2)C(c2ccccc2)(c2ccccc2)c2ccccc2-3)c2cc3c(c4c2sc2ccccc24)-c2ccccc2C32c3ccccc3-c3ccccc32)cc1. The Morgan fingerprint density at radius 3 is 1.41 bits per heavy atom. The van der Waals surface area contributed by atoms with Gasteiger partial charge in [0.15, 0.2) is 0 Å². The van der Waals surface area contributed by atoms with E-state index in [9.17, 15) is 0 Å². The molecule has 3 aliphatic carbocycles. The first kappa shape index (κ1) is 39.4. The van der Waals surface area contributed by atoms with E-state index in [0.717, 1.165) is 11.4 Å². The van der Waals surface area contributed by atoms with Crippen molar-refractivity contribution >= 4 is 48.6 Å². The first-order valence-corrected chi connectivity index (χ1v) is 25.2. The van der Waals surface area contributed by atoms with E-state index < -0.39 is 10.8 Å². The molecule has 1 spiro atoms. The topological polar surface area (TPSA) is 3.24 Å². The molecule has 0 unspecified atom stereocenters. The summed E-state index contributed by atoms with van der Waals surface area (Å²) in [7, 11) is 0. The average molecular weight is 906 g/mol. The third kappa shape index (κ3) is 5.16. The minimum Gasteiger partial charge on any atom is -0.308 e. The highest BCUT2D eigenvalue weighted by molar-refractivity contribution is 7.26. The van der Waals surface area contributed by atoms with Crippen molar-refractivity contribution in [2.24, 2.45) is 0 Å². The van der Waals surface area contributed by atoms with Crippen molar-refractivity contribution in [1.82, 2.24) is 0 Å². The molecular weight excluding hydrogens is 863 g/mol. The molecule has 0 bridgehead atoms. The van der Waals surface area contributed by atoms with Crippen LogP contribution in [0, 0.1) is 0 Å². The second-order valence-electron chi connectivity index (χ2n) is 19.0. The number of anilines is 3. The average Bonchev–Trinajstić information content (AvgIpc) is 4.15. The van der Waals surface area contributed by atoms with Crippen LogP contribution in [0.3, 0.4) is 0 Å². The lowest BCUT2D eigenvalue weighted by Gasteiger charge is -2.35. The van der Waals surface area contributed by atoms with Crippen molar-refractivity contribution in [2.45, 2.75) is 10.8 Å². The van der Waals surface area contributed by atoms with Crippen molar-refractivity contribution in [2.75, 3.05) is 4.90 Å². The molecule has 0 amide bonds. The van der Waals surface area contributed by atoms with Crippen LogP contribution in [0.1, 0.15) is 44.5 Å². The van der Waals surface area contributed by atoms with Crippen LogP contribution >= 0.6 is 11.3 Å². The van der Waals surface area contributed by atoms with E-state index >= 15 is 0 Å². The number of nitrogens with zero attached hydrogens (tertiary/aromatic N) is 1. The largest absolute Gasteiger partial charge is 0.308 e. The van der Waals surface area contributed by atoms with Gasteiger partial charge in [-0.15, -0.1) is 11.3 Å². The molecule has 0 saturated carbocycles. The lowest BCUT2D eigenvalue weighted by Crippen LogP contribution is -2.28. The molecule has 0 atom stereocenters. The molecule has 0 saturated heterocycles. The molecule has 1 aromatic heterocycles. The molecule has 12 aromatic rings. The highest BCUT2D eigenvalue weighted by Gasteiger charge is 2.53. The van der Waals surface area contributed by atoms with Crippen LogP contribution in [0.2, 0.25) is 0 Å². The van der Waals surface area contributed by atoms with Crippen molar-refractivity contribution in [3.8, 4) is 44.5 Å². The maximum Gasteiger partial charge on any atom is 0.0726 e. The standard InChI is InChI=1S/C68H43NS/c1-4-22-44(23-5-1)48-28-14-20-38-61(48)69(47-40-41-52-51-31-10-16-34-55(51)67(59(52)42-47,45-24-6-2-7-25-45)46-26-8-3-9-27-46)62-43-60-64(65-54-33-15-21-39-63(54)70-66(62)65)53-32-13-19-37-58(53)68(60)56-35-17-11-29-49(56)50-30-12-18-36-57(50)68/h1-43H. The van der Waals surface area contributed by atoms with Crippen molar-refractivity contribution in [3.05, 3.63) is 305 Å². The van der Waals surface area contributed by atoms with Gasteiger partial charge in [0, 0.05) is 26.7 Å². The van der Waals surface area contributed by atoms with E-state index in [-0.39, 0.29) is 0 Å². The predicted molar refractivity (Wildman–Crippen MR) is 293 cm³/mol. The van der Waals surface area contributed by atoms with Crippen molar-refractivity contribution in [1.29, 1.82) is 0 Å². The molecule has 1 heterocycles. The van der Waals surface area contributed by atoms with Gasteiger partial charge in [-0.2, -0.15) is 0 Å². The maximum absolute atomic E-state index is 2.62. The Morgan fingerprint density at radius 2 is 0.786 bits per heavy atom. The number of benzene rings is 11. The summed E-state index contributed by atoms with van der Waals surface area (Å²) in [6.07, 6.45) is 0. The molecule has 11 aromatic carbocycles. The summed E-state index contributed by atoms with van der Waals surface area (Å²) in [4.78, 5) is 2.62. The van der Waals surface area contributed by atoms with Crippen LogP contribution in [0.4, 0.5) is 17.1 Å². The zero-order chi connectivity index (χ0) is 46.0. The van der Waals surface area contributed by atoms with Gasteiger partial charge in [-0.3, -0.25) is 0 Å². The summed E-state index contributed by atoms with van der Waals surface area (Å²) in [6, 6.07) is 98.1. The summed E-state index contributed by atoms with van der Waals surface area (Å²) in [5, 5.41) is 2.61. The van der Waals surface area contributed by atoms with Crippen LogP contribution in [-0.4, -0.2) is 0 Å². The predicted octanol–water partition coefficient (Wildman–Crippen LogP) is 17.9. The quantitative estimate of drug-likeness (QED) is 0.161. The van der Waals surface area contributed by atoms with Crippen LogP contribution in [0.5, 0.6) is 0 Å². The van der Waals surface area contributed by atoms with Crippen LogP contribution in [-0.2, 0) is 10.8 Å². The molecule has 15 rings (SSSR count). The normalized spacial score (nSPS) is 13.9. The first-order chi connectivity index (χ1) is 34.8. The van der Waals surface area contributed by atoms with Gasteiger partial charge in [-0.1, -0.05) is 231 Å². The van der Waals surface area contributed by atoms with E-state index in [4.69, 9.17) is 0 Å². The maximum atomic E-state index is 2.62. The zero-order valence-corrected chi connectivity index (χ0v) is 39.0. The van der Waals surface area contributed by atoms with E-state index in [1.54, 1.807) is 0 Å². The van der Waals surface area contributed by atoms with Gasteiger partial charge in [0.2, 0.25) is 0 Å². The van der Waals surface area contributed by atoms with Crippen molar-refractivity contribution < 1.29 is 0 Å². The number of para-hydroxylation sites is 1. The van der Waals surface area contributed by atoms with Gasteiger partial charge >= 0.3 is 0 Å². The Hall–Kier alpha value is -8.56. The minimum atomic E-state index is -0.567. The molecule has 3 aliphatic rings. The fourth-order valence-corrected chi connectivity index (χ4v) is 14.3. The van der Waals surface area contributed by atoms with Crippen LogP contribution < -0.4 is 4.90 Å². The first-order valence-electron chi connectivity index (χ1n) is 24.3. The molecule has 2 heteroatoms. The van der Waals surface area contributed by atoms with Crippen molar-refractivity contribution in [3.63, 3.8) is 0 Å². The zero-order valence-electron chi connectivity index (χ0n) is 38.2. The Bertz CT molecular complexity index is 3990. The smallest absolute Gasteiger partial charge is 0.0726 e. The highest BCUT2D eigenvalue weighted by Crippen LogP contribution is 2.66. The molecule has 0 fully saturated rings. The van der Waals surface area contributed by atoms with Gasteiger partial charge in [0.25, 0.3) is 0 Å². The number of thiophene rings is 1. The second kappa shape index (κ2) is 15.0. The summed E-state index contributed by atoms with van der Waals surface area (Å²) in [5.41, 5.74) is 22.9. The monoisotopic (exact) mass is 905 g/mol. The van der Waals surface area contributed by atoms with Gasteiger partial charge < -0.3 is 4.90 Å². The second-order valence-corrected chi connectivity index (χ2v) is 20.0. The number of hydrogen-bond acceptors (Lipinski definition) is 2. The van der Waals surface area contributed by atoms with Gasteiger partial charge in [-0.25, -0.2) is 0 Å².